The molecule has 0 aliphatic rings. The molecular weight excluding hydrogens is 142 g/mol. The molecule has 2 N–H and O–H groups in total. The zero-order chi connectivity index (χ0) is 8.69. The lowest BCUT2D eigenvalue weighted by atomic mass is 10.3. The number of hydrogen-bond donors (Lipinski definition) is 2. The zero-order valence-corrected chi connectivity index (χ0v) is 7.00. The Hall–Kier alpha value is -0.990. The lowest BCUT2D eigenvalue weighted by Gasteiger charge is -2.04. The molecule has 1 unspecified atom stereocenters. The number of nitrogens with one attached hydrogen (secondary N) is 1. The van der Waals surface area contributed by atoms with E-state index in [-0.39, 0.29) is 0 Å². The summed E-state index contributed by atoms with van der Waals surface area (Å²) in [5.41, 5.74) is 0. The first-order chi connectivity index (χ1) is 5.18. The maximum Gasteiger partial charge on any atom is 0.325 e. The third kappa shape index (κ3) is 5.45. The van der Waals surface area contributed by atoms with Crippen LogP contribution < -0.4 is 5.32 Å². The van der Waals surface area contributed by atoms with Crippen LogP contribution in [0.5, 0.6) is 0 Å². The van der Waals surface area contributed by atoms with Gasteiger partial charge in [-0.3, -0.25) is 4.79 Å². The Morgan fingerprint density at radius 3 is 2.82 bits per heavy atom. The molecule has 0 amide bonds. The van der Waals surface area contributed by atoms with Crippen LogP contribution in [-0.2, 0) is 4.79 Å². The van der Waals surface area contributed by atoms with Crippen LogP contribution in [0.15, 0.2) is 12.3 Å². The summed E-state index contributed by atoms with van der Waals surface area (Å²) >= 11 is 0. The molecule has 0 aliphatic carbocycles. The van der Waals surface area contributed by atoms with Gasteiger partial charge in [0.2, 0.25) is 0 Å². The van der Waals surface area contributed by atoms with Gasteiger partial charge in [-0.25, -0.2) is 0 Å². The van der Waals surface area contributed by atoms with Crippen molar-refractivity contribution < 1.29 is 9.90 Å². The van der Waals surface area contributed by atoms with E-state index in [1.54, 1.807) is 13.1 Å². The number of unbranched alkanes of at least 4 members (excludes halogenated alkanes) is 1. The Bertz CT molecular complexity index is 143. The number of carboxylic acids is 1. The van der Waals surface area contributed by atoms with E-state index >= 15 is 0 Å². The molecule has 0 aromatic rings. The van der Waals surface area contributed by atoms with Gasteiger partial charge in [0, 0.05) is 0 Å². The van der Waals surface area contributed by atoms with Crippen molar-refractivity contribution in [3.63, 3.8) is 0 Å². The van der Waals surface area contributed by atoms with Gasteiger partial charge in [0.25, 0.3) is 0 Å². The summed E-state index contributed by atoms with van der Waals surface area (Å²) < 4.78 is 0. The molecule has 0 fully saturated rings. The van der Waals surface area contributed by atoms with E-state index in [9.17, 15) is 4.79 Å². The molecule has 0 saturated carbocycles. The number of hydrogen-bond acceptors (Lipinski definition) is 2. The molecule has 11 heavy (non-hydrogen) atoms. The van der Waals surface area contributed by atoms with Gasteiger partial charge < -0.3 is 10.4 Å². The molecule has 0 spiro atoms. The molecule has 0 bridgehead atoms. The van der Waals surface area contributed by atoms with Crippen molar-refractivity contribution in [2.45, 2.75) is 32.7 Å². The fourth-order valence-electron chi connectivity index (χ4n) is 0.534. The van der Waals surface area contributed by atoms with Gasteiger partial charge in [-0.05, 0) is 19.5 Å². The van der Waals surface area contributed by atoms with Crippen LogP contribution in [-0.4, -0.2) is 17.1 Å². The lowest BCUT2D eigenvalue weighted by Crippen LogP contribution is -2.29. The van der Waals surface area contributed by atoms with E-state index < -0.39 is 12.0 Å². The molecule has 0 saturated heterocycles. The van der Waals surface area contributed by atoms with Crippen LogP contribution in [0.2, 0.25) is 0 Å². The van der Waals surface area contributed by atoms with Crippen LogP contribution in [0.25, 0.3) is 0 Å². The van der Waals surface area contributed by atoms with Crippen molar-refractivity contribution in [2.75, 3.05) is 0 Å². The highest BCUT2D eigenvalue weighted by Gasteiger charge is 2.05. The highest BCUT2D eigenvalue weighted by Crippen LogP contribution is 1.87. The third-order valence-corrected chi connectivity index (χ3v) is 1.29. The first-order valence-electron chi connectivity index (χ1n) is 3.82. The van der Waals surface area contributed by atoms with E-state index in [0.29, 0.717) is 0 Å². The predicted molar refractivity (Wildman–Crippen MR) is 44.3 cm³/mol. The quantitative estimate of drug-likeness (QED) is 0.633. The largest absolute Gasteiger partial charge is 0.480 e. The van der Waals surface area contributed by atoms with E-state index in [4.69, 9.17) is 5.11 Å². The predicted octanol–water partition coefficient (Wildman–Crippen LogP) is 1.36. The van der Waals surface area contributed by atoms with E-state index in [1.807, 2.05) is 6.08 Å². The van der Waals surface area contributed by atoms with Crippen molar-refractivity contribution >= 4 is 5.97 Å². The second-order valence-electron chi connectivity index (χ2n) is 2.42. The van der Waals surface area contributed by atoms with Gasteiger partial charge in [-0.15, -0.1) is 0 Å². The minimum absolute atomic E-state index is 0.497. The molecule has 0 aliphatic heterocycles. The molecule has 64 valence electrons. The second-order valence-corrected chi connectivity index (χ2v) is 2.42. The molecule has 0 radical (unpaired) electrons. The highest BCUT2D eigenvalue weighted by atomic mass is 16.4. The summed E-state index contributed by atoms with van der Waals surface area (Å²) in [5, 5.41) is 11.2. The molecule has 3 heteroatoms. The summed E-state index contributed by atoms with van der Waals surface area (Å²) in [4.78, 5) is 10.3. The van der Waals surface area contributed by atoms with Crippen molar-refractivity contribution in [1.82, 2.24) is 5.32 Å². The minimum atomic E-state index is -0.828. The van der Waals surface area contributed by atoms with Crippen molar-refractivity contribution in [3.05, 3.63) is 12.3 Å². The molecule has 0 aromatic carbocycles. The Balaban J connectivity index is 3.44. The second kappa shape index (κ2) is 5.77. The molecule has 0 heterocycles. The highest BCUT2D eigenvalue weighted by molar-refractivity contribution is 5.72. The molecule has 3 nitrogen and oxygen atoms in total. The molecule has 1 atom stereocenters. The summed E-state index contributed by atoms with van der Waals surface area (Å²) in [6.45, 7) is 3.68. The Morgan fingerprint density at radius 1 is 1.73 bits per heavy atom. The minimum Gasteiger partial charge on any atom is -0.480 e. The fourth-order valence-corrected chi connectivity index (χ4v) is 0.534. The summed E-state index contributed by atoms with van der Waals surface area (Å²) in [6, 6.07) is -0.497. The summed E-state index contributed by atoms with van der Waals surface area (Å²) in [7, 11) is 0. The smallest absolute Gasteiger partial charge is 0.325 e. The van der Waals surface area contributed by atoms with Crippen LogP contribution in [0.1, 0.15) is 26.7 Å². The van der Waals surface area contributed by atoms with E-state index in [2.05, 4.69) is 12.2 Å². The first kappa shape index (κ1) is 10.0. The normalized spacial score (nSPS) is 13.3. The molecule has 0 rings (SSSR count). The van der Waals surface area contributed by atoms with Crippen LogP contribution in [0.3, 0.4) is 0 Å². The van der Waals surface area contributed by atoms with E-state index in [0.717, 1.165) is 12.8 Å². The maximum absolute atomic E-state index is 10.3. The van der Waals surface area contributed by atoms with Gasteiger partial charge in [0.1, 0.15) is 6.04 Å². The number of allylic oxidation sites excluding steroid dienone is 1. The lowest BCUT2D eigenvalue weighted by molar-refractivity contribution is -0.138. The average molecular weight is 157 g/mol. The third-order valence-electron chi connectivity index (χ3n) is 1.29. The summed E-state index contributed by atoms with van der Waals surface area (Å²) in [6.07, 6.45) is 5.70. The number of carboxylic acid groups (broad SMARTS) is 1. The summed E-state index contributed by atoms with van der Waals surface area (Å²) in [5.74, 6) is -0.828. The standard InChI is InChI=1S/C8H15NO2/c1-3-4-5-6-9-7(2)8(10)11/h5-7,9H,3-4H2,1-2H3,(H,10,11)/b6-5+. The zero-order valence-electron chi connectivity index (χ0n) is 7.00. The SMILES string of the molecule is CCC/C=C/NC(C)C(=O)O. The topological polar surface area (TPSA) is 49.3 Å². The van der Waals surface area contributed by atoms with Crippen molar-refractivity contribution in [1.29, 1.82) is 0 Å². The maximum atomic E-state index is 10.3. The fraction of sp³-hybridized carbons (Fsp3) is 0.625. The Morgan fingerprint density at radius 2 is 2.36 bits per heavy atom. The van der Waals surface area contributed by atoms with Crippen LogP contribution in [0.4, 0.5) is 0 Å². The first-order valence-corrected chi connectivity index (χ1v) is 3.82. The number of rotatable bonds is 5. The Labute approximate surface area is 67.1 Å². The van der Waals surface area contributed by atoms with Gasteiger partial charge in [0.15, 0.2) is 0 Å². The molecule has 0 aromatic heterocycles. The van der Waals surface area contributed by atoms with Crippen LogP contribution in [0, 0.1) is 0 Å². The molecular formula is C8H15NO2. The number of aliphatic carboxylic acids is 1. The van der Waals surface area contributed by atoms with Gasteiger partial charge in [-0.2, -0.15) is 0 Å². The number of carbonyl (C=O) groups is 1. The van der Waals surface area contributed by atoms with E-state index in [1.165, 1.54) is 0 Å². The average Bonchev–Trinajstić information content (AvgIpc) is 1.97. The van der Waals surface area contributed by atoms with Crippen LogP contribution >= 0.6 is 0 Å². The van der Waals surface area contributed by atoms with Crippen molar-refractivity contribution in [2.24, 2.45) is 0 Å². The van der Waals surface area contributed by atoms with Gasteiger partial charge in [-0.1, -0.05) is 19.4 Å². The monoisotopic (exact) mass is 157 g/mol. The van der Waals surface area contributed by atoms with Crippen molar-refractivity contribution in [3.8, 4) is 0 Å². The Kier molecular flexibility index (Phi) is 5.25. The van der Waals surface area contributed by atoms with Gasteiger partial charge in [0.05, 0.1) is 0 Å². The van der Waals surface area contributed by atoms with Gasteiger partial charge >= 0.3 is 5.97 Å².